The summed E-state index contributed by atoms with van der Waals surface area (Å²) in [5.41, 5.74) is 2.04. The van der Waals surface area contributed by atoms with Gasteiger partial charge in [0.15, 0.2) is 11.5 Å². The monoisotopic (exact) mass is 305 g/mol. The van der Waals surface area contributed by atoms with E-state index < -0.39 is 0 Å². The van der Waals surface area contributed by atoms with Crippen LogP contribution in [0.15, 0.2) is 42.5 Å². The second-order valence-electron chi connectivity index (χ2n) is 4.66. The number of halogens is 1. The minimum absolute atomic E-state index is 0.649. The van der Waals surface area contributed by atoms with Crippen molar-refractivity contribution in [2.75, 3.05) is 19.0 Å². The van der Waals surface area contributed by atoms with Crippen molar-refractivity contribution in [1.29, 1.82) is 0 Å². The van der Waals surface area contributed by atoms with Crippen molar-refractivity contribution >= 4 is 17.3 Å². The summed E-state index contributed by atoms with van der Waals surface area (Å²) < 4.78 is 11.2. The Labute approximate surface area is 130 Å². The van der Waals surface area contributed by atoms with Crippen LogP contribution in [-0.2, 0) is 6.54 Å². The third-order valence-electron chi connectivity index (χ3n) is 3.04. The number of ether oxygens (including phenoxy) is 2. The second kappa shape index (κ2) is 7.79. The Hall–Kier alpha value is -1.87. The molecule has 0 aromatic heterocycles. The van der Waals surface area contributed by atoms with Crippen molar-refractivity contribution in [2.24, 2.45) is 0 Å². The molecule has 0 saturated carbocycles. The fourth-order valence-corrected chi connectivity index (χ4v) is 2.22. The second-order valence-corrected chi connectivity index (χ2v) is 5.10. The number of anilines is 1. The molecule has 0 fully saturated rings. The summed E-state index contributed by atoms with van der Waals surface area (Å²) in [5.74, 6) is 1.56. The molecule has 0 aliphatic heterocycles. The molecule has 0 saturated heterocycles. The molecule has 4 heteroatoms. The summed E-state index contributed by atoms with van der Waals surface area (Å²) in [4.78, 5) is 0. The minimum Gasteiger partial charge on any atom is -0.493 e. The number of methoxy groups -OCH3 is 1. The topological polar surface area (TPSA) is 30.5 Å². The highest BCUT2D eigenvalue weighted by atomic mass is 35.5. The molecule has 2 aromatic carbocycles. The first-order valence-electron chi connectivity index (χ1n) is 7.02. The molecule has 0 spiro atoms. The number of nitrogens with one attached hydrogen (secondary N) is 1. The van der Waals surface area contributed by atoms with E-state index in [-0.39, 0.29) is 0 Å². The highest BCUT2D eigenvalue weighted by Crippen LogP contribution is 2.31. The number of benzene rings is 2. The molecule has 3 nitrogen and oxygen atoms in total. The molecule has 0 amide bonds. The van der Waals surface area contributed by atoms with E-state index in [1.54, 1.807) is 7.11 Å². The summed E-state index contributed by atoms with van der Waals surface area (Å²) in [7, 11) is 1.66. The van der Waals surface area contributed by atoms with Crippen LogP contribution in [-0.4, -0.2) is 13.7 Å². The summed E-state index contributed by atoms with van der Waals surface area (Å²) in [6.07, 6.45) is 0.958. The molecule has 0 bridgehead atoms. The first-order chi connectivity index (χ1) is 10.2. The van der Waals surface area contributed by atoms with Gasteiger partial charge in [-0.25, -0.2) is 0 Å². The molecule has 2 rings (SSSR count). The predicted octanol–water partition coefficient (Wildman–Crippen LogP) is 4.75. The molecule has 21 heavy (non-hydrogen) atoms. The van der Waals surface area contributed by atoms with Crippen LogP contribution in [0.2, 0.25) is 5.02 Å². The van der Waals surface area contributed by atoms with Crippen LogP contribution in [0.1, 0.15) is 18.9 Å². The molecule has 0 aliphatic carbocycles. The van der Waals surface area contributed by atoms with E-state index >= 15 is 0 Å². The molecular weight excluding hydrogens is 286 g/mol. The molecule has 0 unspecified atom stereocenters. The molecule has 1 N–H and O–H groups in total. The Morgan fingerprint density at radius 1 is 1.14 bits per heavy atom. The van der Waals surface area contributed by atoms with E-state index in [4.69, 9.17) is 21.1 Å². The van der Waals surface area contributed by atoms with Gasteiger partial charge in [0, 0.05) is 22.8 Å². The van der Waals surface area contributed by atoms with E-state index in [9.17, 15) is 0 Å². The Kier molecular flexibility index (Phi) is 5.76. The summed E-state index contributed by atoms with van der Waals surface area (Å²) in [6, 6.07) is 13.6. The van der Waals surface area contributed by atoms with E-state index in [0.717, 1.165) is 29.2 Å². The molecule has 0 heterocycles. The summed E-state index contributed by atoms with van der Waals surface area (Å²) >= 11 is 5.99. The lowest BCUT2D eigenvalue weighted by Gasteiger charge is -2.15. The van der Waals surface area contributed by atoms with Gasteiger partial charge in [-0.05, 0) is 30.7 Å². The maximum absolute atomic E-state index is 5.99. The molecule has 2 aromatic rings. The fraction of sp³-hybridized carbons (Fsp3) is 0.294. The smallest absolute Gasteiger partial charge is 0.166 e. The van der Waals surface area contributed by atoms with Crippen LogP contribution in [0.5, 0.6) is 11.5 Å². The van der Waals surface area contributed by atoms with E-state index in [1.165, 1.54) is 0 Å². The minimum atomic E-state index is 0.649. The lowest BCUT2D eigenvalue weighted by molar-refractivity contribution is 0.291. The number of hydrogen-bond donors (Lipinski definition) is 1. The lowest BCUT2D eigenvalue weighted by Crippen LogP contribution is -2.05. The zero-order valence-corrected chi connectivity index (χ0v) is 13.1. The average Bonchev–Trinajstić information content (AvgIpc) is 2.51. The molecule has 0 aliphatic rings. The van der Waals surface area contributed by atoms with Gasteiger partial charge in [-0.3, -0.25) is 0 Å². The highest BCUT2D eigenvalue weighted by molar-refractivity contribution is 6.30. The third kappa shape index (κ3) is 4.30. The van der Waals surface area contributed by atoms with Gasteiger partial charge in [-0.15, -0.1) is 0 Å². The van der Waals surface area contributed by atoms with Crippen molar-refractivity contribution in [3.8, 4) is 11.5 Å². The van der Waals surface area contributed by atoms with E-state index in [1.807, 2.05) is 42.5 Å². The summed E-state index contributed by atoms with van der Waals surface area (Å²) in [6.45, 7) is 3.40. The Morgan fingerprint density at radius 2 is 1.95 bits per heavy atom. The lowest BCUT2D eigenvalue weighted by atomic mass is 10.1. The Balaban J connectivity index is 2.14. The van der Waals surface area contributed by atoms with Gasteiger partial charge in [0.25, 0.3) is 0 Å². The van der Waals surface area contributed by atoms with Crippen LogP contribution in [0.3, 0.4) is 0 Å². The predicted molar refractivity (Wildman–Crippen MR) is 87.6 cm³/mol. The van der Waals surface area contributed by atoms with Crippen molar-refractivity contribution in [3.63, 3.8) is 0 Å². The Bertz CT molecular complexity index is 587. The summed E-state index contributed by atoms with van der Waals surface area (Å²) in [5, 5.41) is 4.07. The third-order valence-corrected chi connectivity index (χ3v) is 3.27. The zero-order valence-electron chi connectivity index (χ0n) is 12.4. The van der Waals surface area contributed by atoms with Crippen LogP contribution >= 0.6 is 11.6 Å². The molecule has 0 atom stereocenters. The van der Waals surface area contributed by atoms with Gasteiger partial charge in [0.1, 0.15) is 0 Å². The molecule has 0 radical (unpaired) electrons. The van der Waals surface area contributed by atoms with Gasteiger partial charge < -0.3 is 14.8 Å². The zero-order chi connectivity index (χ0) is 15.1. The molecule has 112 valence electrons. The normalized spacial score (nSPS) is 10.2. The van der Waals surface area contributed by atoms with Gasteiger partial charge in [-0.1, -0.05) is 36.7 Å². The SMILES string of the molecule is CCCOc1c(CNc2cccc(Cl)c2)cccc1OC. The maximum atomic E-state index is 5.99. The standard InChI is InChI=1S/C17H20ClNO2/c1-3-10-21-17-13(6-4-9-16(17)20-2)12-19-15-8-5-7-14(18)11-15/h4-9,11,19H,3,10,12H2,1-2H3. The van der Waals surface area contributed by atoms with Crippen LogP contribution in [0.4, 0.5) is 5.69 Å². The van der Waals surface area contributed by atoms with Gasteiger partial charge in [-0.2, -0.15) is 0 Å². The maximum Gasteiger partial charge on any atom is 0.166 e. The van der Waals surface area contributed by atoms with E-state index in [0.29, 0.717) is 18.2 Å². The first-order valence-corrected chi connectivity index (χ1v) is 7.40. The van der Waals surface area contributed by atoms with Crippen LogP contribution in [0, 0.1) is 0 Å². The van der Waals surface area contributed by atoms with E-state index in [2.05, 4.69) is 12.2 Å². The number of hydrogen-bond acceptors (Lipinski definition) is 3. The quantitative estimate of drug-likeness (QED) is 0.800. The fourth-order valence-electron chi connectivity index (χ4n) is 2.02. The average molecular weight is 306 g/mol. The van der Waals surface area contributed by atoms with Gasteiger partial charge >= 0.3 is 0 Å². The highest BCUT2D eigenvalue weighted by Gasteiger charge is 2.10. The molecular formula is C17H20ClNO2. The van der Waals surface area contributed by atoms with Gasteiger partial charge in [0.2, 0.25) is 0 Å². The van der Waals surface area contributed by atoms with Gasteiger partial charge in [0.05, 0.1) is 13.7 Å². The van der Waals surface area contributed by atoms with Crippen molar-refractivity contribution in [1.82, 2.24) is 0 Å². The van der Waals surface area contributed by atoms with Crippen molar-refractivity contribution in [2.45, 2.75) is 19.9 Å². The van der Waals surface area contributed by atoms with Crippen LogP contribution < -0.4 is 14.8 Å². The van der Waals surface area contributed by atoms with Crippen molar-refractivity contribution < 1.29 is 9.47 Å². The largest absolute Gasteiger partial charge is 0.493 e. The number of para-hydroxylation sites is 1. The first kappa shape index (κ1) is 15.5. The van der Waals surface area contributed by atoms with Crippen LogP contribution in [0.25, 0.3) is 0 Å². The van der Waals surface area contributed by atoms with Crippen molar-refractivity contribution in [3.05, 3.63) is 53.1 Å². The number of rotatable bonds is 7. The Morgan fingerprint density at radius 3 is 2.67 bits per heavy atom.